The van der Waals surface area contributed by atoms with Crippen LogP contribution >= 0.6 is 11.6 Å². The lowest BCUT2D eigenvalue weighted by Gasteiger charge is -2.23. The number of hydrogen-bond acceptors (Lipinski definition) is 5. The third-order valence-corrected chi connectivity index (χ3v) is 5.42. The van der Waals surface area contributed by atoms with Crippen LogP contribution in [0.1, 0.15) is 12.0 Å². The number of carbonyl (C=O) groups is 1. The summed E-state index contributed by atoms with van der Waals surface area (Å²) in [5, 5.41) is 20.2. The molecule has 1 aromatic carbocycles. The highest BCUT2D eigenvalue weighted by Crippen LogP contribution is 2.34. The first-order valence-corrected chi connectivity index (χ1v) is 9.47. The Balaban J connectivity index is 1.61. The fourth-order valence-corrected chi connectivity index (χ4v) is 3.85. The Morgan fingerprint density at radius 1 is 1.39 bits per heavy atom. The lowest BCUT2D eigenvalue weighted by atomic mass is 10.0. The average Bonchev–Trinajstić information content (AvgIpc) is 3.30. The molecule has 4 rings (SSSR count). The van der Waals surface area contributed by atoms with Crippen LogP contribution in [-0.2, 0) is 16.1 Å². The van der Waals surface area contributed by atoms with E-state index in [1.165, 1.54) is 6.07 Å². The third kappa shape index (κ3) is 3.43. The topological polar surface area (TPSA) is 80.5 Å². The monoisotopic (exact) mass is 400 g/mol. The van der Waals surface area contributed by atoms with Gasteiger partial charge in [-0.3, -0.25) is 4.79 Å². The van der Waals surface area contributed by atoms with Gasteiger partial charge < -0.3 is 19.3 Å². The van der Waals surface area contributed by atoms with Gasteiger partial charge in [0.15, 0.2) is 5.65 Å². The predicted molar refractivity (Wildman–Crippen MR) is 106 cm³/mol. The van der Waals surface area contributed by atoms with Crippen LogP contribution in [0.2, 0.25) is 5.02 Å². The molecule has 7 nitrogen and oxygen atoms in total. The van der Waals surface area contributed by atoms with Gasteiger partial charge in [-0.15, -0.1) is 10.2 Å². The maximum atomic E-state index is 12.6. The molecule has 28 heavy (non-hydrogen) atoms. The number of fused-ring (bicyclic) bond motifs is 1. The molecule has 0 radical (unpaired) electrons. The molecule has 3 aromatic rings. The van der Waals surface area contributed by atoms with Crippen molar-refractivity contribution in [2.75, 3.05) is 20.3 Å². The quantitative estimate of drug-likeness (QED) is 0.728. The van der Waals surface area contributed by atoms with Crippen LogP contribution in [0.5, 0.6) is 5.75 Å². The first-order valence-electron chi connectivity index (χ1n) is 9.09. The van der Waals surface area contributed by atoms with Crippen molar-refractivity contribution < 1.29 is 14.6 Å². The molecule has 8 heteroatoms. The number of phenols is 1. The Morgan fingerprint density at radius 3 is 2.93 bits per heavy atom. The van der Waals surface area contributed by atoms with Gasteiger partial charge in [-0.1, -0.05) is 11.6 Å². The van der Waals surface area contributed by atoms with Gasteiger partial charge in [-0.05, 0) is 43.2 Å². The highest BCUT2D eigenvalue weighted by Gasteiger charge is 2.24. The van der Waals surface area contributed by atoms with Crippen LogP contribution in [0.15, 0.2) is 30.5 Å². The van der Waals surface area contributed by atoms with Gasteiger partial charge in [-0.2, -0.15) is 0 Å². The van der Waals surface area contributed by atoms with Gasteiger partial charge in [-0.25, -0.2) is 0 Å². The highest BCUT2D eigenvalue weighted by molar-refractivity contribution is 6.31. The number of aromatic hydroxyl groups is 1. The molecule has 0 aliphatic carbocycles. The number of likely N-dealkylation sites (N-methyl/N-ethyl adjacent to an activating group) is 1. The second-order valence-corrected chi connectivity index (χ2v) is 7.53. The smallest absolute Gasteiger partial charge is 0.242 e. The van der Waals surface area contributed by atoms with E-state index in [1.54, 1.807) is 15.5 Å². The molecule has 1 aliphatic heterocycles. The van der Waals surface area contributed by atoms with Gasteiger partial charge in [0, 0.05) is 35.8 Å². The second-order valence-electron chi connectivity index (χ2n) is 7.09. The summed E-state index contributed by atoms with van der Waals surface area (Å²) in [4.78, 5) is 14.4. The van der Waals surface area contributed by atoms with Crippen LogP contribution in [0.25, 0.3) is 22.3 Å². The number of aryl methyl sites for hydroxylation is 1. The van der Waals surface area contributed by atoms with E-state index in [4.69, 9.17) is 16.3 Å². The number of nitrogens with zero attached hydrogens (tertiary/aromatic N) is 4. The lowest BCUT2D eigenvalue weighted by molar-refractivity contribution is -0.132. The van der Waals surface area contributed by atoms with Crippen molar-refractivity contribution in [1.29, 1.82) is 0 Å². The minimum absolute atomic E-state index is 0.00469. The summed E-state index contributed by atoms with van der Waals surface area (Å²) >= 11 is 5.99. The average molecular weight is 401 g/mol. The van der Waals surface area contributed by atoms with E-state index < -0.39 is 0 Å². The van der Waals surface area contributed by atoms with Crippen molar-refractivity contribution in [2.45, 2.75) is 25.9 Å². The van der Waals surface area contributed by atoms with Crippen molar-refractivity contribution in [3.8, 4) is 17.0 Å². The normalized spacial score (nSPS) is 16.6. The summed E-state index contributed by atoms with van der Waals surface area (Å²) < 4.78 is 7.15. The Kier molecular flexibility index (Phi) is 4.95. The molecule has 1 N–H and O–H groups in total. The van der Waals surface area contributed by atoms with Gasteiger partial charge in [0.05, 0.1) is 18.3 Å². The summed E-state index contributed by atoms with van der Waals surface area (Å²) in [7, 11) is 1.81. The minimum Gasteiger partial charge on any atom is -0.507 e. The van der Waals surface area contributed by atoms with Gasteiger partial charge in [0.2, 0.25) is 5.91 Å². The molecule has 146 valence electrons. The summed E-state index contributed by atoms with van der Waals surface area (Å²) in [6.07, 6.45) is 2.69. The number of rotatable bonds is 4. The summed E-state index contributed by atoms with van der Waals surface area (Å²) in [6, 6.07) is 7.13. The van der Waals surface area contributed by atoms with E-state index in [9.17, 15) is 9.90 Å². The highest BCUT2D eigenvalue weighted by atomic mass is 35.5. The second kappa shape index (κ2) is 7.41. The fraction of sp³-hybridized carbons (Fsp3) is 0.350. The molecule has 1 aliphatic rings. The van der Waals surface area contributed by atoms with Crippen LogP contribution in [-0.4, -0.2) is 57.0 Å². The van der Waals surface area contributed by atoms with E-state index in [0.717, 1.165) is 17.4 Å². The summed E-state index contributed by atoms with van der Waals surface area (Å²) in [5.74, 6) is 0.0683. The lowest BCUT2D eigenvalue weighted by Crippen LogP contribution is -2.39. The van der Waals surface area contributed by atoms with Crippen molar-refractivity contribution in [1.82, 2.24) is 19.7 Å². The van der Waals surface area contributed by atoms with Gasteiger partial charge in [0.1, 0.15) is 12.3 Å². The number of carbonyl (C=O) groups excluding carboxylic acids is 1. The fourth-order valence-electron chi connectivity index (χ4n) is 3.58. The zero-order valence-corrected chi connectivity index (χ0v) is 16.5. The van der Waals surface area contributed by atoms with E-state index >= 15 is 0 Å². The largest absolute Gasteiger partial charge is 0.507 e. The standard InChI is InChI=1S/C20H21ClN4O3/c1-12-7-14(21)9-17(26)19(12)16-8-13-3-5-25(20(13)23-22-16)10-18(27)24(2)15-4-6-28-11-15/h3,5,7-9,15,26H,4,6,10-11H2,1-2H3/t15-/m0/s1. The SMILES string of the molecule is Cc1cc(Cl)cc(O)c1-c1cc2ccn(CC(=O)N(C)[C@H]3CCOC3)c2nn1. The van der Waals surface area contributed by atoms with Crippen molar-refractivity contribution in [2.24, 2.45) is 0 Å². The number of benzene rings is 1. The molecule has 0 bridgehead atoms. The Bertz CT molecular complexity index is 1020. The van der Waals surface area contributed by atoms with Crippen LogP contribution < -0.4 is 0 Å². The molecule has 0 spiro atoms. The molecule has 0 unspecified atom stereocenters. The predicted octanol–water partition coefficient (Wildman–Crippen LogP) is 3.01. The van der Waals surface area contributed by atoms with Crippen LogP contribution in [0.3, 0.4) is 0 Å². The Hall–Kier alpha value is -2.64. The number of phenolic OH excluding ortho intramolecular Hbond substituents is 1. The minimum atomic E-state index is 0.00469. The molecule has 0 saturated carbocycles. The first-order chi connectivity index (χ1) is 13.4. The number of ether oxygens (including phenoxy) is 1. The van der Waals surface area contributed by atoms with Crippen molar-refractivity contribution >= 4 is 28.5 Å². The van der Waals surface area contributed by atoms with Crippen molar-refractivity contribution in [3.63, 3.8) is 0 Å². The molecular formula is C20H21ClN4O3. The maximum absolute atomic E-state index is 12.6. The number of amides is 1. The van der Waals surface area contributed by atoms with Gasteiger partial charge in [0.25, 0.3) is 0 Å². The Morgan fingerprint density at radius 2 is 2.21 bits per heavy atom. The zero-order valence-electron chi connectivity index (χ0n) is 15.7. The molecular weight excluding hydrogens is 380 g/mol. The van der Waals surface area contributed by atoms with Crippen LogP contribution in [0, 0.1) is 6.92 Å². The maximum Gasteiger partial charge on any atom is 0.242 e. The third-order valence-electron chi connectivity index (χ3n) is 5.20. The number of halogens is 1. The Labute approximate surface area is 167 Å². The summed E-state index contributed by atoms with van der Waals surface area (Å²) in [5.41, 5.74) is 2.60. The zero-order chi connectivity index (χ0) is 19.8. The van der Waals surface area contributed by atoms with Crippen molar-refractivity contribution in [3.05, 3.63) is 41.0 Å². The first kappa shape index (κ1) is 18.7. The molecule has 3 heterocycles. The van der Waals surface area contributed by atoms with Gasteiger partial charge >= 0.3 is 0 Å². The number of hydrogen-bond donors (Lipinski definition) is 1. The van der Waals surface area contributed by atoms with E-state index in [1.807, 2.05) is 32.3 Å². The van der Waals surface area contributed by atoms with E-state index in [2.05, 4.69) is 10.2 Å². The van der Waals surface area contributed by atoms with E-state index in [0.29, 0.717) is 35.1 Å². The molecule has 1 amide bonds. The van der Waals surface area contributed by atoms with E-state index in [-0.39, 0.29) is 24.2 Å². The molecule has 1 atom stereocenters. The molecule has 1 saturated heterocycles. The summed E-state index contributed by atoms with van der Waals surface area (Å²) in [6.45, 7) is 3.33. The van der Waals surface area contributed by atoms with Crippen LogP contribution in [0.4, 0.5) is 0 Å². The molecule has 2 aromatic heterocycles. The number of aromatic nitrogens is 3. The molecule has 1 fully saturated rings.